The second kappa shape index (κ2) is 8.71. The van der Waals surface area contributed by atoms with Crippen molar-refractivity contribution in [2.75, 3.05) is 19.5 Å². The predicted molar refractivity (Wildman–Crippen MR) is 128 cm³/mol. The first-order valence-electron chi connectivity index (χ1n) is 11.0. The Labute approximate surface area is 201 Å². The number of phenolic OH excluding ortho intramolecular Hbond substituents is 1. The highest BCUT2D eigenvalue weighted by molar-refractivity contribution is 5.95. The average molecular weight is 473 g/mol. The molecule has 10 nitrogen and oxygen atoms in total. The number of amides is 1. The second-order valence-electron chi connectivity index (χ2n) is 8.35. The number of rotatable bonds is 5. The van der Waals surface area contributed by atoms with E-state index >= 15 is 0 Å². The van der Waals surface area contributed by atoms with Crippen molar-refractivity contribution in [1.82, 2.24) is 25.0 Å². The molecule has 5 rings (SSSR count). The van der Waals surface area contributed by atoms with Gasteiger partial charge in [-0.3, -0.25) is 4.79 Å². The van der Waals surface area contributed by atoms with E-state index in [1.165, 1.54) is 18.9 Å². The Morgan fingerprint density at radius 2 is 1.77 bits per heavy atom. The van der Waals surface area contributed by atoms with E-state index in [0.717, 1.165) is 22.3 Å². The molecule has 10 heteroatoms. The molecule has 1 amide bonds. The molecule has 2 aromatic heterocycles. The molecule has 2 aromatic carbocycles. The van der Waals surface area contributed by atoms with Gasteiger partial charge < -0.3 is 19.9 Å². The van der Waals surface area contributed by atoms with Gasteiger partial charge in [0.2, 0.25) is 11.7 Å². The Morgan fingerprint density at radius 1 is 1.09 bits per heavy atom. The Balaban J connectivity index is 1.62. The van der Waals surface area contributed by atoms with E-state index < -0.39 is 0 Å². The van der Waals surface area contributed by atoms with Crippen molar-refractivity contribution in [1.29, 1.82) is 0 Å². The van der Waals surface area contributed by atoms with E-state index in [0.29, 0.717) is 17.2 Å². The number of nitrogens with zero attached hydrogens (tertiary/aromatic N) is 5. The number of ether oxygens (including phenoxy) is 2. The third-order valence-corrected chi connectivity index (χ3v) is 6.09. The SMILES string of the molecule is COc1cc([C@@H]2CC(=O)Nc3c2c(C)nn3-c2nncc(-c3ccc(C)cc3)n2)cc(OC)c1O. The molecule has 0 unspecified atom stereocenters. The van der Waals surface area contributed by atoms with Crippen molar-refractivity contribution in [2.24, 2.45) is 0 Å². The highest BCUT2D eigenvalue weighted by Crippen LogP contribution is 2.45. The summed E-state index contributed by atoms with van der Waals surface area (Å²) in [6, 6.07) is 11.4. The minimum Gasteiger partial charge on any atom is -0.502 e. The molecule has 35 heavy (non-hydrogen) atoms. The van der Waals surface area contributed by atoms with Crippen LogP contribution in [0, 0.1) is 13.8 Å². The van der Waals surface area contributed by atoms with Crippen LogP contribution in [0.3, 0.4) is 0 Å². The largest absolute Gasteiger partial charge is 0.502 e. The van der Waals surface area contributed by atoms with E-state index in [1.54, 1.807) is 18.3 Å². The molecular formula is C25H24N6O4. The lowest BCUT2D eigenvalue weighted by Gasteiger charge is -2.25. The molecule has 0 bridgehead atoms. The summed E-state index contributed by atoms with van der Waals surface area (Å²) in [5, 5.41) is 26.2. The van der Waals surface area contributed by atoms with Gasteiger partial charge in [0, 0.05) is 23.5 Å². The number of carbonyl (C=O) groups excluding carboxylic acids is 1. The third kappa shape index (κ3) is 3.92. The lowest BCUT2D eigenvalue weighted by atomic mass is 9.85. The number of methoxy groups -OCH3 is 2. The number of aromatic nitrogens is 5. The molecule has 0 spiro atoms. The van der Waals surface area contributed by atoms with Crippen LogP contribution in [0.25, 0.3) is 17.2 Å². The molecular weight excluding hydrogens is 448 g/mol. The van der Waals surface area contributed by atoms with E-state index in [2.05, 4.69) is 25.6 Å². The van der Waals surface area contributed by atoms with E-state index in [1.807, 2.05) is 38.1 Å². The summed E-state index contributed by atoms with van der Waals surface area (Å²) in [4.78, 5) is 17.4. The standard InChI is InChI=1S/C25H24N6O4/c1-13-5-7-15(8-6-13)18-12-26-29-25(27-18)31-24-22(14(2)30-31)17(11-21(32)28-24)16-9-19(34-3)23(33)20(10-16)35-4/h5-10,12,17,33H,11H2,1-4H3,(H,28,32)/t17-/m0/s1. The molecule has 1 atom stereocenters. The smallest absolute Gasteiger partial charge is 0.272 e. The molecule has 4 aromatic rings. The molecule has 0 radical (unpaired) electrons. The van der Waals surface area contributed by atoms with Gasteiger partial charge in [0.25, 0.3) is 5.95 Å². The maximum absolute atomic E-state index is 12.8. The Morgan fingerprint density at radius 3 is 2.43 bits per heavy atom. The van der Waals surface area contributed by atoms with Crippen molar-refractivity contribution in [2.45, 2.75) is 26.2 Å². The Bertz CT molecular complexity index is 1410. The topological polar surface area (TPSA) is 124 Å². The zero-order chi connectivity index (χ0) is 24.7. The van der Waals surface area contributed by atoms with Gasteiger partial charge in [-0.1, -0.05) is 29.8 Å². The summed E-state index contributed by atoms with van der Waals surface area (Å²) in [6.45, 7) is 3.89. The minimum atomic E-state index is -0.343. The van der Waals surface area contributed by atoms with Crippen LogP contribution < -0.4 is 14.8 Å². The highest BCUT2D eigenvalue weighted by atomic mass is 16.5. The fourth-order valence-corrected chi connectivity index (χ4v) is 4.34. The number of aryl methyl sites for hydroxylation is 2. The summed E-state index contributed by atoms with van der Waals surface area (Å²) >= 11 is 0. The van der Waals surface area contributed by atoms with E-state index in [9.17, 15) is 9.90 Å². The van der Waals surface area contributed by atoms with Gasteiger partial charge in [-0.15, -0.1) is 5.10 Å². The average Bonchev–Trinajstić information content (AvgIpc) is 3.20. The van der Waals surface area contributed by atoms with Crippen molar-refractivity contribution < 1.29 is 19.4 Å². The van der Waals surface area contributed by atoms with Crippen LogP contribution in [0.15, 0.2) is 42.6 Å². The number of carbonyl (C=O) groups is 1. The molecule has 0 saturated carbocycles. The van der Waals surface area contributed by atoms with E-state index in [-0.39, 0.29) is 41.4 Å². The highest BCUT2D eigenvalue weighted by Gasteiger charge is 2.34. The van der Waals surface area contributed by atoms with Gasteiger partial charge in [0.15, 0.2) is 11.5 Å². The lowest BCUT2D eigenvalue weighted by molar-refractivity contribution is -0.116. The zero-order valence-electron chi connectivity index (χ0n) is 19.7. The lowest BCUT2D eigenvalue weighted by Crippen LogP contribution is -2.25. The number of nitrogens with one attached hydrogen (secondary N) is 1. The monoisotopic (exact) mass is 472 g/mol. The first-order chi connectivity index (χ1) is 16.9. The quantitative estimate of drug-likeness (QED) is 0.452. The number of hydrogen-bond donors (Lipinski definition) is 2. The first kappa shape index (κ1) is 22.3. The van der Waals surface area contributed by atoms with Crippen LogP contribution in [0.5, 0.6) is 17.2 Å². The van der Waals surface area contributed by atoms with Crippen molar-refractivity contribution in [3.8, 4) is 34.5 Å². The normalized spacial score (nSPS) is 14.9. The fourth-order valence-electron chi connectivity index (χ4n) is 4.34. The molecule has 2 N–H and O–H groups in total. The van der Waals surface area contributed by atoms with E-state index in [4.69, 9.17) is 9.47 Å². The summed E-state index contributed by atoms with van der Waals surface area (Å²) in [7, 11) is 2.93. The van der Waals surface area contributed by atoms with Crippen LogP contribution in [0.2, 0.25) is 0 Å². The summed E-state index contributed by atoms with van der Waals surface area (Å²) in [5.74, 6) is 0.623. The number of benzene rings is 2. The summed E-state index contributed by atoms with van der Waals surface area (Å²) in [5.41, 5.74) is 4.97. The molecule has 1 aliphatic heterocycles. The van der Waals surface area contributed by atoms with Crippen LogP contribution in [0.1, 0.15) is 34.7 Å². The van der Waals surface area contributed by atoms with Crippen molar-refractivity contribution >= 4 is 11.7 Å². The molecule has 178 valence electrons. The molecule has 0 fully saturated rings. The third-order valence-electron chi connectivity index (χ3n) is 6.09. The van der Waals surface area contributed by atoms with Crippen LogP contribution in [-0.2, 0) is 4.79 Å². The van der Waals surface area contributed by atoms with Crippen LogP contribution >= 0.6 is 0 Å². The van der Waals surface area contributed by atoms with Gasteiger partial charge in [-0.2, -0.15) is 14.9 Å². The number of fused-ring (bicyclic) bond motifs is 1. The van der Waals surface area contributed by atoms with Gasteiger partial charge in [0.1, 0.15) is 5.82 Å². The zero-order valence-corrected chi connectivity index (χ0v) is 19.7. The molecule has 1 aliphatic rings. The summed E-state index contributed by atoms with van der Waals surface area (Å²) < 4.78 is 12.2. The molecule has 0 saturated heterocycles. The molecule has 0 aliphatic carbocycles. The van der Waals surface area contributed by atoms with Crippen molar-refractivity contribution in [3.05, 3.63) is 65.0 Å². The maximum atomic E-state index is 12.8. The molecule has 3 heterocycles. The van der Waals surface area contributed by atoms with Crippen molar-refractivity contribution in [3.63, 3.8) is 0 Å². The second-order valence-corrected chi connectivity index (χ2v) is 8.35. The van der Waals surface area contributed by atoms with Crippen LogP contribution in [-0.4, -0.2) is 50.2 Å². The van der Waals surface area contributed by atoms with Gasteiger partial charge in [-0.25, -0.2) is 4.98 Å². The summed E-state index contributed by atoms with van der Waals surface area (Å²) in [6.07, 6.45) is 1.78. The van der Waals surface area contributed by atoms with Gasteiger partial charge in [0.05, 0.1) is 31.8 Å². The fraction of sp³-hybridized carbons (Fsp3) is 0.240. The first-order valence-corrected chi connectivity index (χ1v) is 11.0. The maximum Gasteiger partial charge on any atom is 0.272 e. The van der Waals surface area contributed by atoms with Gasteiger partial charge >= 0.3 is 0 Å². The number of hydrogen-bond acceptors (Lipinski definition) is 8. The Hall–Kier alpha value is -4.47. The minimum absolute atomic E-state index is 0.0981. The predicted octanol–water partition coefficient (Wildman–Crippen LogP) is 3.54. The van der Waals surface area contributed by atoms with Gasteiger partial charge in [-0.05, 0) is 31.5 Å². The Kier molecular flexibility index (Phi) is 5.56. The van der Waals surface area contributed by atoms with Crippen LogP contribution in [0.4, 0.5) is 5.82 Å². The number of phenols is 1. The number of anilines is 1. The number of aromatic hydroxyl groups is 1.